The Bertz CT molecular complexity index is 795. The lowest BCUT2D eigenvalue weighted by molar-refractivity contribution is 0.100. The number of carbonyl (C=O) groups is 2. The molecule has 2 aromatic rings. The third-order valence-electron chi connectivity index (χ3n) is 3.87. The van der Waals surface area contributed by atoms with Crippen molar-refractivity contribution in [1.29, 1.82) is 0 Å². The van der Waals surface area contributed by atoms with E-state index >= 15 is 0 Å². The SMILES string of the molecule is CCc1cc2c(c(-c3cc(C(N)=O)c(NC(N)=O)[nH]3)c1)OCC2. The van der Waals surface area contributed by atoms with Gasteiger partial charge in [0.2, 0.25) is 0 Å². The fraction of sp³-hybridized carbons (Fsp3) is 0.250. The highest BCUT2D eigenvalue weighted by atomic mass is 16.5. The molecule has 23 heavy (non-hydrogen) atoms. The second kappa shape index (κ2) is 5.68. The molecule has 0 bridgehead atoms. The quantitative estimate of drug-likeness (QED) is 0.687. The van der Waals surface area contributed by atoms with Crippen LogP contribution in [0.1, 0.15) is 28.4 Å². The number of benzene rings is 1. The first-order valence-electron chi connectivity index (χ1n) is 7.37. The van der Waals surface area contributed by atoms with Crippen molar-refractivity contribution in [2.75, 3.05) is 11.9 Å². The second-order valence-corrected chi connectivity index (χ2v) is 5.41. The molecule has 3 rings (SSSR count). The van der Waals surface area contributed by atoms with Gasteiger partial charge in [0.05, 0.1) is 17.9 Å². The van der Waals surface area contributed by atoms with Gasteiger partial charge < -0.3 is 21.2 Å². The molecule has 1 aliphatic rings. The number of nitrogens with two attached hydrogens (primary N) is 2. The Kier molecular flexibility index (Phi) is 3.69. The summed E-state index contributed by atoms with van der Waals surface area (Å²) >= 11 is 0. The Morgan fingerprint density at radius 3 is 2.74 bits per heavy atom. The molecular weight excluding hydrogens is 296 g/mol. The summed E-state index contributed by atoms with van der Waals surface area (Å²) in [4.78, 5) is 25.7. The fourth-order valence-electron chi connectivity index (χ4n) is 2.79. The van der Waals surface area contributed by atoms with Crippen molar-refractivity contribution in [3.8, 4) is 17.0 Å². The average Bonchev–Trinajstić information content (AvgIpc) is 3.11. The Balaban J connectivity index is 2.14. The smallest absolute Gasteiger partial charge is 0.317 e. The minimum Gasteiger partial charge on any atom is -0.492 e. The summed E-state index contributed by atoms with van der Waals surface area (Å²) in [7, 11) is 0. The van der Waals surface area contributed by atoms with Gasteiger partial charge in [0.25, 0.3) is 5.91 Å². The molecule has 3 amide bonds. The molecule has 0 radical (unpaired) electrons. The highest BCUT2D eigenvalue weighted by Crippen LogP contribution is 2.39. The molecule has 7 heteroatoms. The number of amides is 3. The highest BCUT2D eigenvalue weighted by molar-refractivity contribution is 6.03. The van der Waals surface area contributed by atoms with Crippen LogP contribution < -0.4 is 21.5 Å². The second-order valence-electron chi connectivity index (χ2n) is 5.41. The number of aromatic amines is 1. The number of urea groups is 1. The first-order chi connectivity index (χ1) is 11.0. The topological polar surface area (TPSA) is 123 Å². The van der Waals surface area contributed by atoms with Crippen LogP contribution in [-0.2, 0) is 12.8 Å². The van der Waals surface area contributed by atoms with Crippen LogP contribution in [0.3, 0.4) is 0 Å². The number of aromatic nitrogens is 1. The van der Waals surface area contributed by atoms with E-state index in [1.807, 2.05) is 6.07 Å². The van der Waals surface area contributed by atoms with E-state index in [9.17, 15) is 9.59 Å². The Labute approximate surface area is 133 Å². The summed E-state index contributed by atoms with van der Waals surface area (Å²) in [5, 5.41) is 2.38. The number of hydrogen-bond donors (Lipinski definition) is 4. The van der Waals surface area contributed by atoms with E-state index in [1.165, 1.54) is 5.56 Å². The lowest BCUT2D eigenvalue weighted by Crippen LogP contribution is -2.22. The van der Waals surface area contributed by atoms with Crippen LogP contribution in [0.2, 0.25) is 0 Å². The van der Waals surface area contributed by atoms with Crippen LogP contribution in [0.4, 0.5) is 10.6 Å². The third-order valence-corrected chi connectivity index (χ3v) is 3.87. The number of carbonyl (C=O) groups excluding carboxylic acids is 2. The van der Waals surface area contributed by atoms with E-state index in [0.29, 0.717) is 12.3 Å². The molecule has 2 heterocycles. The normalized spacial score (nSPS) is 12.6. The number of primary amides is 2. The fourth-order valence-corrected chi connectivity index (χ4v) is 2.79. The zero-order valence-corrected chi connectivity index (χ0v) is 12.7. The van der Waals surface area contributed by atoms with Gasteiger partial charge in [-0.25, -0.2) is 4.79 Å². The number of anilines is 1. The van der Waals surface area contributed by atoms with Crippen LogP contribution in [0.25, 0.3) is 11.3 Å². The van der Waals surface area contributed by atoms with Gasteiger partial charge in [0.15, 0.2) is 0 Å². The molecule has 0 saturated carbocycles. The molecule has 1 aliphatic heterocycles. The molecule has 0 saturated heterocycles. The minimum absolute atomic E-state index is 0.174. The van der Waals surface area contributed by atoms with Gasteiger partial charge in [-0.05, 0) is 29.7 Å². The molecule has 0 unspecified atom stereocenters. The van der Waals surface area contributed by atoms with E-state index in [4.69, 9.17) is 16.2 Å². The summed E-state index contributed by atoms with van der Waals surface area (Å²) in [6, 6.07) is 4.97. The number of H-pyrrole nitrogens is 1. The minimum atomic E-state index is -0.773. The van der Waals surface area contributed by atoms with Crippen molar-refractivity contribution < 1.29 is 14.3 Å². The largest absolute Gasteiger partial charge is 0.492 e. The van der Waals surface area contributed by atoms with Crippen LogP contribution in [0.5, 0.6) is 5.75 Å². The van der Waals surface area contributed by atoms with Gasteiger partial charge in [-0.2, -0.15) is 0 Å². The van der Waals surface area contributed by atoms with Gasteiger partial charge in [-0.1, -0.05) is 13.0 Å². The summed E-state index contributed by atoms with van der Waals surface area (Å²) in [5.74, 6) is 0.333. The lowest BCUT2D eigenvalue weighted by Gasteiger charge is -2.09. The maximum atomic E-state index is 11.6. The van der Waals surface area contributed by atoms with Gasteiger partial charge in [0, 0.05) is 12.0 Å². The van der Waals surface area contributed by atoms with Crippen molar-refractivity contribution in [2.45, 2.75) is 19.8 Å². The predicted octanol–water partition coefficient (Wildman–Crippen LogP) is 1.77. The molecule has 0 fully saturated rings. The van der Waals surface area contributed by atoms with Crippen LogP contribution in [0, 0.1) is 0 Å². The molecule has 0 atom stereocenters. The van der Waals surface area contributed by atoms with Crippen LogP contribution in [-0.4, -0.2) is 23.5 Å². The number of aryl methyl sites for hydroxylation is 1. The number of nitrogens with one attached hydrogen (secondary N) is 2. The summed E-state index contributed by atoms with van der Waals surface area (Å²) in [6.07, 6.45) is 1.74. The van der Waals surface area contributed by atoms with Crippen molar-refractivity contribution in [2.24, 2.45) is 11.5 Å². The first-order valence-corrected chi connectivity index (χ1v) is 7.37. The lowest BCUT2D eigenvalue weighted by atomic mass is 10.00. The standard InChI is InChI=1S/C16H18N4O3/c1-2-8-5-9-3-4-23-13(9)10(6-8)12-7-11(14(17)21)15(19-12)20-16(18)22/h5-7,19H,2-4H2,1H3,(H2,17,21)(H3,18,20,22). The van der Waals surface area contributed by atoms with Crippen molar-refractivity contribution >= 4 is 17.8 Å². The molecule has 120 valence electrons. The monoisotopic (exact) mass is 314 g/mol. The van der Waals surface area contributed by atoms with Gasteiger partial charge >= 0.3 is 6.03 Å². The highest BCUT2D eigenvalue weighted by Gasteiger charge is 2.22. The van der Waals surface area contributed by atoms with Crippen LogP contribution in [0.15, 0.2) is 18.2 Å². The molecular formula is C16H18N4O3. The van der Waals surface area contributed by atoms with E-state index in [1.54, 1.807) is 6.07 Å². The van der Waals surface area contributed by atoms with E-state index in [2.05, 4.69) is 23.3 Å². The van der Waals surface area contributed by atoms with Crippen molar-refractivity contribution in [1.82, 2.24) is 4.98 Å². The Morgan fingerprint density at radius 2 is 2.09 bits per heavy atom. The van der Waals surface area contributed by atoms with E-state index < -0.39 is 11.9 Å². The summed E-state index contributed by atoms with van der Waals surface area (Å²) < 4.78 is 5.73. The average molecular weight is 314 g/mol. The van der Waals surface area contributed by atoms with Gasteiger partial charge in [0.1, 0.15) is 11.6 Å². The molecule has 7 nitrogen and oxygen atoms in total. The van der Waals surface area contributed by atoms with Crippen LogP contribution >= 0.6 is 0 Å². The van der Waals surface area contributed by atoms with E-state index in [-0.39, 0.29) is 11.4 Å². The molecule has 0 spiro atoms. The zero-order chi connectivity index (χ0) is 16.6. The van der Waals surface area contributed by atoms with Gasteiger partial charge in [-0.15, -0.1) is 0 Å². The summed E-state index contributed by atoms with van der Waals surface area (Å²) in [5.41, 5.74) is 14.5. The predicted molar refractivity (Wildman–Crippen MR) is 86.5 cm³/mol. The Morgan fingerprint density at radius 1 is 1.30 bits per heavy atom. The number of rotatable bonds is 4. The maximum Gasteiger partial charge on any atom is 0.317 e. The summed E-state index contributed by atoms with van der Waals surface area (Å²) in [6.45, 7) is 2.70. The molecule has 6 N–H and O–H groups in total. The Hall–Kier alpha value is -2.96. The van der Waals surface area contributed by atoms with Gasteiger partial charge in [-0.3, -0.25) is 10.1 Å². The van der Waals surface area contributed by atoms with Crippen molar-refractivity contribution in [3.05, 3.63) is 34.9 Å². The number of hydrogen-bond acceptors (Lipinski definition) is 3. The molecule has 1 aromatic carbocycles. The molecule has 1 aromatic heterocycles. The zero-order valence-electron chi connectivity index (χ0n) is 12.7. The molecule has 0 aliphatic carbocycles. The van der Waals surface area contributed by atoms with E-state index in [0.717, 1.165) is 29.7 Å². The number of ether oxygens (including phenoxy) is 1. The van der Waals surface area contributed by atoms with Crippen molar-refractivity contribution in [3.63, 3.8) is 0 Å². The third kappa shape index (κ3) is 2.73. The maximum absolute atomic E-state index is 11.6. The number of fused-ring (bicyclic) bond motifs is 1. The first kappa shape index (κ1) is 15.0.